The largest absolute Gasteiger partial charge is 0.492 e. The maximum atomic E-state index is 13.9. The van der Waals surface area contributed by atoms with Crippen LogP contribution >= 0.6 is 0 Å². The summed E-state index contributed by atoms with van der Waals surface area (Å²) in [5.74, 6) is -0.415. The Bertz CT molecular complexity index is 611. The van der Waals surface area contributed by atoms with Gasteiger partial charge in [-0.3, -0.25) is 0 Å². The quantitative estimate of drug-likeness (QED) is 0.799. The Kier molecular flexibility index (Phi) is 2.03. The summed E-state index contributed by atoms with van der Waals surface area (Å²) in [7, 11) is 0. The molecule has 0 fully saturated rings. The van der Waals surface area contributed by atoms with Crippen LogP contribution in [0.3, 0.4) is 0 Å². The molecule has 3 heteroatoms. The lowest BCUT2D eigenvalue weighted by Gasteiger charge is -2.29. The van der Waals surface area contributed by atoms with E-state index in [0.29, 0.717) is 5.69 Å². The minimum atomic E-state index is -2.92. The van der Waals surface area contributed by atoms with Gasteiger partial charge in [0.25, 0.3) is 0 Å². The molecule has 1 aliphatic rings. The summed E-state index contributed by atoms with van der Waals surface area (Å²) in [4.78, 5) is 1.56. The molecule has 0 saturated heterocycles. The van der Waals surface area contributed by atoms with Crippen molar-refractivity contribution in [1.29, 1.82) is 0 Å². The fourth-order valence-corrected chi connectivity index (χ4v) is 1.69. The fraction of sp³-hybridized carbons (Fsp3) is 0.286. The van der Waals surface area contributed by atoms with Crippen LogP contribution in [0.4, 0.5) is 10.1 Å². The van der Waals surface area contributed by atoms with E-state index in [4.69, 9.17) is 11.6 Å². The summed E-state index contributed by atoms with van der Waals surface area (Å²) in [6, 6.07) is 5.97. The number of allylic oxidation sites excluding steroid dienone is 1. The Balaban J connectivity index is 2.29. The summed E-state index contributed by atoms with van der Waals surface area (Å²) in [5, 5.41) is 0. The molecule has 1 aliphatic heterocycles. The average Bonchev–Trinajstić information content (AvgIpc) is 2.40. The third-order valence-corrected chi connectivity index (χ3v) is 2.54. The number of anilines is 1. The van der Waals surface area contributed by atoms with E-state index in [2.05, 4.69) is 0 Å². The highest BCUT2D eigenvalue weighted by Crippen LogP contribution is 2.25. The van der Waals surface area contributed by atoms with Gasteiger partial charge in [0.15, 0.2) is 0 Å². The van der Waals surface area contributed by atoms with Crippen molar-refractivity contribution in [3.63, 3.8) is 0 Å². The topological polar surface area (TPSA) is 12.5 Å². The second kappa shape index (κ2) is 5.04. The Morgan fingerprint density at radius 2 is 2.35 bits per heavy atom. The summed E-state index contributed by atoms with van der Waals surface area (Å²) in [5.41, 5.74) is 0.301. The molecule has 1 aromatic rings. The molecule has 1 unspecified atom stereocenters. The number of nitrogens with zero attached hydrogens (tertiary/aromatic N) is 1. The van der Waals surface area contributed by atoms with Crippen LogP contribution in [0.2, 0.25) is 0 Å². The van der Waals surface area contributed by atoms with Crippen LogP contribution in [0.1, 0.15) is 20.6 Å². The van der Waals surface area contributed by atoms with E-state index in [1.165, 1.54) is 18.3 Å². The van der Waals surface area contributed by atoms with E-state index in [0.717, 1.165) is 0 Å². The van der Waals surface area contributed by atoms with E-state index in [-0.39, 0.29) is 11.8 Å². The van der Waals surface area contributed by atoms with Gasteiger partial charge in [-0.15, -0.1) is 0 Å². The lowest BCUT2D eigenvalue weighted by molar-refractivity contribution is 0.240. The van der Waals surface area contributed by atoms with Gasteiger partial charge in [0.1, 0.15) is 11.6 Å². The second-order valence-corrected chi connectivity index (χ2v) is 3.69. The molecule has 1 heterocycles. The third kappa shape index (κ3) is 2.49. The van der Waals surface area contributed by atoms with Gasteiger partial charge in [0.2, 0.25) is 0 Å². The third-order valence-electron chi connectivity index (χ3n) is 2.54. The maximum absolute atomic E-state index is 13.9. The van der Waals surface area contributed by atoms with Crippen molar-refractivity contribution in [2.24, 2.45) is 0 Å². The van der Waals surface area contributed by atoms with E-state index in [9.17, 15) is 4.39 Å². The van der Waals surface area contributed by atoms with Crippen LogP contribution in [0.5, 0.6) is 0 Å². The van der Waals surface area contributed by atoms with Gasteiger partial charge >= 0.3 is 0 Å². The highest BCUT2D eigenvalue weighted by Gasteiger charge is 2.17. The number of rotatable bonds is 3. The van der Waals surface area contributed by atoms with E-state index in [1.807, 2.05) is 6.92 Å². The van der Waals surface area contributed by atoms with Gasteiger partial charge in [0.05, 0.1) is 15.0 Å². The van der Waals surface area contributed by atoms with E-state index >= 15 is 0 Å². The van der Waals surface area contributed by atoms with Crippen LogP contribution in [0.15, 0.2) is 48.4 Å². The van der Waals surface area contributed by atoms with Crippen molar-refractivity contribution in [3.8, 4) is 0 Å². The van der Waals surface area contributed by atoms with Crippen LogP contribution in [-0.4, -0.2) is 12.6 Å². The maximum Gasteiger partial charge on any atom is 0.146 e. The molecule has 90 valence electrons. The molecule has 0 aliphatic carbocycles. The predicted octanol–water partition coefficient (Wildman–Crippen LogP) is 3.47. The van der Waals surface area contributed by atoms with Gasteiger partial charge in [-0.1, -0.05) is 18.2 Å². The molecule has 1 atom stereocenters. The van der Waals surface area contributed by atoms with Crippen molar-refractivity contribution in [3.05, 3.63) is 54.2 Å². The Morgan fingerprint density at radius 1 is 1.53 bits per heavy atom. The molecule has 17 heavy (non-hydrogen) atoms. The first kappa shape index (κ1) is 6.84. The SMILES string of the molecule is [2H]C([2H])([2H])C([2H])([2H])OC1=CN(c2ccccc2F)C(C)C=C1. The van der Waals surface area contributed by atoms with Gasteiger partial charge in [-0.05, 0) is 32.0 Å². The first-order valence-corrected chi connectivity index (χ1v) is 5.24. The highest BCUT2D eigenvalue weighted by atomic mass is 19.1. The fourth-order valence-electron chi connectivity index (χ4n) is 1.69. The zero-order valence-electron chi connectivity index (χ0n) is 14.4. The minimum absolute atomic E-state index is 0.0162. The Hall–Kier alpha value is -1.77. The standard InChI is InChI=1S/C14H16FNO/c1-3-17-12-9-8-11(2)16(10-12)14-7-5-4-6-13(14)15/h4-11H,3H2,1-2H3/i1D3,3D2. The predicted molar refractivity (Wildman–Crippen MR) is 67.2 cm³/mol. The lowest BCUT2D eigenvalue weighted by atomic mass is 10.1. The smallest absolute Gasteiger partial charge is 0.146 e. The summed E-state index contributed by atoms with van der Waals surface area (Å²) >= 11 is 0. The van der Waals surface area contributed by atoms with Crippen LogP contribution in [-0.2, 0) is 4.74 Å². The molecule has 0 amide bonds. The molecule has 0 N–H and O–H groups in total. The normalized spacial score (nSPS) is 25.1. The second-order valence-electron chi connectivity index (χ2n) is 3.69. The van der Waals surface area contributed by atoms with Crippen molar-refractivity contribution < 1.29 is 16.0 Å². The summed E-state index contributed by atoms with van der Waals surface area (Å²) in [6.45, 7) is -3.92. The molecular weight excluding hydrogens is 217 g/mol. The number of hydrogen-bond acceptors (Lipinski definition) is 2. The molecule has 0 radical (unpaired) electrons. The van der Waals surface area contributed by atoms with Gasteiger partial charge in [-0.2, -0.15) is 0 Å². The number of halogens is 1. The van der Waals surface area contributed by atoms with E-state index < -0.39 is 19.2 Å². The zero-order valence-corrected chi connectivity index (χ0v) is 9.35. The zero-order chi connectivity index (χ0) is 16.5. The van der Waals surface area contributed by atoms with Gasteiger partial charge in [0, 0.05) is 16.4 Å². The minimum Gasteiger partial charge on any atom is -0.492 e. The van der Waals surface area contributed by atoms with Crippen LogP contribution < -0.4 is 4.90 Å². The van der Waals surface area contributed by atoms with Crippen LogP contribution in [0.25, 0.3) is 0 Å². The van der Waals surface area contributed by atoms with Gasteiger partial charge < -0.3 is 9.64 Å². The molecule has 2 rings (SSSR count). The average molecular weight is 238 g/mol. The number of hydrogen-bond donors (Lipinski definition) is 0. The molecule has 1 aromatic carbocycles. The first-order valence-electron chi connectivity index (χ1n) is 7.74. The summed E-state index contributed by atoms with van der Waals surface area (Å²) in [6.07, 6.45) is 4.55. The summed E-state index contributed by atoms with van der Waals surface area (Å²) < 4.78 is 55.3. The Morgan fingerprint density at radius 3 is 3.12 bits per heavy atom. The van der Waals surface area contributed by atoms with E-state index in [1.54, 1.807) is 29.2 Å². The molecular formula is C14H16FNO. The Labute approximate surface area is 108 Å². The monoisotopic (exact) mass is 238 g/mol. The molecule has 2 nitrogen and oxygen atoms in total. The highest BCUT2D eigenvalue weighted by molar-refractivity contribution is 5.54. The van der Waals surface area contributed by atoms with Crippen LogP contribution in [0, 0.1) is 5.82 Å². The van der Waals surface area contributed by atoms with Crippen molar-refractivity contribution in [2.75, 3.05) is 11.5 Å². The van der Waals surface area contributed by atoms with Gasteiger partial charge in [-0.25, -0.2) is 4.39 Å². The molecule has 0 bridgehead atoms. The number of benzene rings is 1. The molecule has 0 saturated carbocycles. The van der Waals surface area contributed by atoms with Crippen molar-refractivity contribution in [1.82, 2.24) is 0 Å². The van der Waals surface area contributed by atoms with Crippen molar-refractivity contribution >= 4 is 5.69 Å². The first-order chi connectivity index (χ1) is 10.1. The number of ether oxygens (including phenoxy) is 1. The van der Waals surface area contributed by atoms with Crippen molar-refractivity contribution in [2.45, 2.75) is 19.8 Å². The molecule has 0 aromatic heterocycles. The molecule has 0 spiro atoms. The number of para-hydroxylation sites is 1. The lowest BCUT2D eigenvalue weighted by Crippen LogP contribution is -2.29.